The van der Waals surface area contributed by atoms with E-state index in [1.54, 1.807) is 25.7 Å². The number of nitrogens with zero attached hydrogens (tertiary/aromatic N) is 1. The zero-order chi connectivity index (χ0) is 32.7. The van der Waals surface area contributed by atoms with Crippen molar-refractivity contribution < 1.29 is 23.9 Å². The number of alkyl carbamates (subject to hydrolysis) is 1. The SMILES string of the molecule is CCCCCCCCN(C(=O)C(CCC(N)=O)NC(=O)OC(C)(C)C)C(C(=O)NCc1ccccc1)c1cccc(C)c1C. The molecule has 2 unspecified atom stereocenters. The molecule has 0 saturated carbocycles. The van der Waals surface area contributed by atoms with Gasteiger partial charge in [-0.3, -0.25) is 14.4 Å². The van der Waals surface area contributed by atoms with Crippen molar-refractivity contribution in [1.82, 2.24) is 15.5 Å². The lowest BCUT2D eigenvalue weighted by Crippen LogP contribution is -2.53. The van der Waals surface area contributed by atoms with E-state index in [0.29, 0.717) is 25.1 Å². The molecule has 4 amide bonds. The Labute approximate surface area is 263 Å². The monoisotopic (exact) mass is 608 g/mol. The summed E-state index contributed by atoms with van der Waals surface area (Å²) in [6.45, 7) is 11.8. The molecule has 4 N–H and O–H groups in total. The van der Waals surface area contributed by atoms with Crippen LogP contribution in [0.1, 0.15) is 107 Å². The van der Waals surface area contributed by atoms with Gasteiger partial charge in [0.2, 0.25) is 17.7 Å². The van der Waals surface area contributed by atoms with Gasteiger partial charge in [-0.2, -0.15) is 0 Å². The number of aryl methyl sites for hydroxylation is 1. The number of carbonyl (C=O) groups is 4. The second-order valence-electron chi connectivity index (χ2n) is 12.4. The van der Waals surface area contributed by atoms with E-state index in [9.17, 15) is 19.2 Å². The molecule has 9 nitrogen and oxygen atoms in total. The van der Waals surface area contributed by atoms with Crippen molar-refractivity contribution in [1.29, 1.82) is 0 Å². The maximum atomic E-state index is 14.4. The Morgan fingerprint density at radius 2 is 1.57 bits per heavy atom. The standard InChI is InChI=1S/C35H52N4O5/c1-7-8-9-10-11-15-23-39(33(42)29(21-22-30(36)40)38-34(43)44-35(4,5)6)31(28-20-16-17-25(2)26(28)3)32(41)37-24-27-18-13-12-14-19-27/h12-14,16-20,29,31H,7-11,15,21-24H2,1-6H3,(H2,36,40)(H,37,41)(H,38,43). The van der Waals surface area contributed by atoms with E-state index in [1.807, 2.05) is 62.4 Å². The van der Waals surface area contributed by atoms with Gasteiger partial charge in [-0.1, -0.05) is 87.6 Å². The van der Waals surface area contributed by atoms with Gasteiger partial charge in [0, 0.05) is 19.5 Å². The van der Waals surface area contributed by atoms with E-state index in [2.05, 4.69) is 17.6 Å². The molecule has 0 bridgehead atoms. The van der Waals surface area contributed by atoms with Crippen LogP contribution in [0.4, 0.5) is 4.79 Å². The molecule has 44 heavy (non-hydrogen) atoms. The summed E-state index contributed by atoms with van der Waals surface area (Å²) in [4.78, 5) is 54.7. The first kappa shape index (κ1) is 36.3. The van der Waals surface area contributed by atoms with Crippen LogP contribution in [0, 0.1) is 13.8 Å². The number of amides is 4. The van der Waals surface area contributed by atoms with Gasteiger partial charge < -0.3 is 26.0 Å². The number of hydrogen-bond acceptors (Lipinski definition) is 5. The number of rotatable bonds is 17. The lowest BCUT2D eigenvalue weighted by atomic mass is 9.94. The number of primary amides is 1. The van der Waals surface area contributed by atoms with E-state index in [1.165, 1.54) is 0 Å². The number of ether oxygens (including phenoxy) is 1. The van der Waals surface area contributed by atoms with Crippen LogP contribution in [0.5, 0.6) is 0 Å². The van der Waals surface area contributed by atoms with E-state index < -0.39 is 35.6 Å². The van der Waals surface area contributed by atoms with Crippen molar-refractivity contribution in [2.75, 3.05) is 6.54 Å². The van der Waals surface area contributed by atoms with E-state index in [4.69, 9.17) is 10.5 Å². The van der Waals surface area contributed by atoms with Gasteiger partial charge in [0.05, 0.1) is 0 Å². The summed E-state index contributed by atoms with van der Waals surface area (Å²) in [7, 11) is 0. The Bertz CT molecular complexity index is 1230. The molecular weight excluding hydrogens is 556 g/mol. The number of unbranched alkanes of at least 4 members (excludes halogenated alkanes) is 5. The molecule has 0 aliphatic rings. The molecule has 0 saturated heterocycles. The summed E-state index contributed by atoms with van der Waals surface area (Å²) in [6, 6.07) is 13.2. The lowest BCUT2D eigenvalue weighted by molar-refractivity contribution is -0.143. The highest BCUT2D eigenvalue weighted by Gasteiger charge is 2.37. The fraction of sp³-hybridized carbons (Fsp3) is 0.543. The summed E-state index contributed by atoms with van der Waals surface area (Å²) in [5.74, 6) is -1.39. The van der Waals surface area contributed by atoms with Crippen LogP contribution < -0.4 is 16.4 Å². The van der Waals surface area contributed by atoms with Gasteiger partial charge in [0.1, 0.15) is 17.7 Å². The Morgan fingerprint density at radius 1 is 0.909 bits per heavy atom. The maximum Gasteiger partial charge on any atom is 0.408 e. The van der Waals surface area contributed by atoms with Gasteiger partial charge in [-0.25, -0.2) is 4.79 Å². The number of benzene rings is 2. The third kappa shape index (κ3) is 12.4. The fourth-order valence-electron chi connectivity index (χ4n) is 5.03. The van der Waals surface area contributed by atoms with Crippen molar-refractivity contribution >= 4 is 23.8 Å². The first-order valence-corrected chi connectivity index (χ1v) is 15.8. The highest BCUT2D eigenvalue weighted by atomic mass is 16.6. The normalized spacial score (nSPS) is 12.6. The molecule has 0 aliphatic carbocycles. The lowest BCUT2D eigenvalue weighted by Gasteiger charge is -2.35. The van der Waals surface area contributed by atoms with Crippen LogP contribution in [-0.4, -0.2) is 46.9 Å². The molecule has 0 fully saturated rings. The van der Waals surface area contributed by atoms with Crippen LogP contribution in [0.3, 0.4) is 0 Å². The molecule has 2 aromatic rings. The molecule has 0 radical (unpaired) electrons. The Balaban J connectivity index is 2.52. The van der Waals surface area contributed by atoms with Crippen molar-refractivity contribution in [3.05, 3.63) is 70.8 Å². The second kappa shape index (κ2) is 18.0. The summed E-state index contributed by atoms with van der Waals surface area (Å²) in [5.41, 5.74) is 8.19. The molecular formula is C35H52N4O5. The Hall–Kier alpha value is -3.88. The highest BCUT2D eigenvalue weighted by Crippen LogP contribution is 2.28. The first-order valence-electron chi connectivity index (χ1n) is 15.8. The molecule has 0 spiro atoms. The third-order valence-corrected chi connectivity index (χ3v) is 7.51. The minimum Gasteiger partial charge on any atom is -0.444 e. The Kier molecular flexibility index (Phi) is 14.9. The van der Waals surface area contributed by atoms with Crippen LogP contribution in [0.15, 0.2) is 48.5 Å². The van der Waals surface area contributed by atoms with Crippen LogP contribution in [-0.2, 0) is 25.7 Å². The number of carbonyl (C=O) groups excluding carboxylic acids is 4. The predicted molar refractivity (Wildman–Crippen MR) is 174 cm³/mol. The fourth-order valence-corrected chi connectivity index (χ4v) is 5.03. The van der Waals surface area contributed by atoms with Gasteiger partial charge in [-0.05, 0) is 69.7 Å². The van der Waals surface area contributed by atoms with Gasteiger partial charge in [0.15, 0.2) is 0 Å². The number of nitrogens with one attached hydrogen (secondary N) is 2. The van der Waals surface area contributed by atoms with Gasteiger partial charge in [-0.15, -0.1) is 0 Å². The molecule has 0 aliphatic heterocycles. The largest absolute Gasteiger partial charge is 0.444 e. The quantitative estimate of drug-likeness (QED) is 0.189. The maximum absolute atomic E-state index is 14.4. The molecule has 9 heteroatoms. The van der Waals surface area contributed by atoms with Crippen LogP contribution in [0.2, 0.25) is 0 Å². The molecule has 0 heterocycles. The van der Waals surface area contributed by atoms with Crippen molar-refractivity contribution in [2.24, 2.45) is 5.73 Å². The molecule has 2 rings (SSSR count). The van der Waals surface area contributed by atoms with E-state index in [-0.39, 0.29) is 18.7 Å². The average Bonchev–Trinajstić information content (AvgIpc) is 2.96. The highest BCUT2D eigenvalue weighted by molar-refractivity contribution is 5.92. The first-order chi connectivity index (χ1) is 20.8. The minimum atomic E-state index is -1.12. The molecule has 242 valence electrons. The predicted octanol–water partition coefficient (Wildman–Crippen LogP) is 6.01. The summed E-state index contributed by atoms with van der Waals surface area (Å²) in [5, 5.41) is 5.70. The smallest absolute Gasteiger partial charge is 0.408 e. The van der Waals surface area contributed by atoms with E-state index in [0.717, 1.165) is 48.8 Å². The second-order valence-corrected chi connectivity index (χ2v) is 12.4. The average molecular weight is 609 g/mol. The number of hydrogen-bond donors (Lipinski definition) is 3. The molecule has 2 aromatic carbocycles. The van der Waals surface area contributed by atoms with E-state index >= 15 is 0 Å². The molecule has 2 atom stereocenters. The van der Waals surface area contributed by atoms with Crippen molar-refractivity contribution in [2.45, 2.75) is 117 Å². The van der Waals surface area contributed by atoms with Gasteiger partial charge >= 0.3 is 6.09 Å². The van der Waals surface area contributed by atoms with Crippen molar-refractivity contribution in [3.63, 3.8) is 0 Å². The zero-order valence-electron chi connectivity index (χ0n) is 27.4. The minimum absolute atomic E-state index is 0.0223. The van der Waals surface area contributed by atoms with Gasteiger partial charge in [0.25, 0.3) is 0 Å². The molecule has 0 aromatic heterocycles. The summed E-state index contributed by atoms with van der Waals surface area (Å²) in [6.07, 6.45) is 5.03. The zero-order valence-corrected chi connectivity index (χ0v) is 27.4. The topological polar surface area (TPSA) is 131 Å². The van der Waals surface area contributed by atoms with Crippen LogP contribution >= 0.6 is 0 Å². The third-order valence-electron chi connectivity index (χ3n) is 7.51. The number of nitrogens with two attached hydrogens (primary N) is 1. The summed E-state index contributed by atoms with van der Waals surface area (Å²) >= 11 is 0. The summed E-state index contributed by atoms with van der Waals surface area (Å²) < 4.78 is 5.44. The van der Waals surface area contributed by atoms with Crippen LogP contribution in [0.25, 0.3) is 0 Å². The van der Waals surface area contributed by atoms with Crippen molar-refractivity contribution in [3.8, 4) is 0 Å². The Morgan fingerprint density at radius 3 is 2.20 bits per heavy atom.